The molecule has 1 aromatic heterocycles. The number of anilines is 1. The van der Waals surface area contributed by atoms with Crippen LogP contribution in [0.25, 0.3) is 21.8 Å². The predicted molar refractivity (Wildman–Crippen MR) is 111 cm³/mol. The Morgan fingerprint density at radius 2 is 1.64 bits per heavy atom. The largest absolute Gasteiger partial charge is 0.481 e. The van der Waals surface area contributed by atoms with Crippen molar-refractivity contribution in [3.05, 3.63) is 71.1 Å². The third-order valence-electron chi connectivity index (χ3n) is 4.94. The van der Waals surface area contributed by atoms with Crippen LogP contribution < -0.4 is 15.7 Å². The molecule has 3 aromatic carbocycles. The van der Waals surface area contributed by atoms with Crippen molar-refractivity contribution in [3.63, 3.8) is 0 Å². The van der Waals surface area contributed by atoms with E-state index in [0.29, 0.717) is 11.4 Å². The van der Waals surface area contributed by atoms with Gasteiger partial charge in [-0.2, -0.15) is 0 Å². The van der Waals surface area contributed by atoms with Gasteiger partial charge in [0.1, 0.15) is 5.75 Å². The highest BCUT2D eigenvalue weighted by Crippen LogP contribution is 2.22. The van der Waals surface area contributed by atoms with Gasteiger partial charge in [0.05, 0.1) is 11.0 Å². The molecular weight excluding hydrogens is 354 g/mol. The monoisotopic (exact) mass is 375 g/mol. The van der Waals surface area contributed by atoms with Crippen molar-refractivity contribution in [3.8, 4) is 5.75 Å². The van der Waals surface area contributed by atoms with Gasteiger partial charge in [-0.3, -0.25) is 13.9 Å². The average molecular weight is 375 g/mol. The Labute approximate surface area is 162 Å². The van der Waals surface area contributed by atoms with E-state index in [2.05, 4.69) is 5.32 Å². The average Bonchev–Trinajstić information content (AvgIpc) is 2.91. The van der Waals surface area contributed by atoms with E-state index < -0.39 is 6.10 Å². The predicted octanol–water partition coefficient (Wildman–Crippen LogP) is 3.44. The fourth-order valence-corrected chi connectivity index (χ4v) is 3.33. The van der Waals surface area contributed by atoms with Gasteiger partial charge in [-0.25, -0.2) is 4.79 Å². The number of aromatic nitrogens is 2. The number of nitrogens with one attached hydrogen (secondary N) is 1. The number of hydrogen-bond acceptors (Lipinski definition) is 3. The summed E-state index contributed by atoms with van der Waals surface area (Å²) in [7, 11) is 3.43. The maximum Gasteiger partial charge on any atom is 0.328 e. The first-order chi connectivity index (χ1) is 13.4. The summed E-state index contributed by atoms with van der Waals surface area (Å²) in [5, 5.41) is 5.04. The lowest BCUT2D eigenvalue weighted by molar-refractivity contribution is -0.122. The van der Waals surface area contributed by atoms with Crippen molar-refractivity contribution < 1.29 is 9.53 Å². The van der Waals surface area contributed by atoms with Gasteiger partial charge in [-0.05, 0) is 48.0 Å². The van der Waals surface area contributed by atoms with Gasteiger partial charge < -0.3 is 10.1 Å². The summed E-state index contributed by atoms with van der Waals surface area (Å²) in [6.45, 7) is 1.71. The number of nitrogens with zero attached hydrogens (tertiary/aromatic N) is 2. The lowest BCUT2D eigenvalue weighted by Gasteiger charge is -2.15. The molecule has 0 saturated carbocycles. The van der Waals surface area contributed by atoms with Crippen molar-refractivity contribution >= 4 is 33.4 Å². The van der Waals surface area contributed by atoms with Crippen LogP contribution in [0.3, 0.4) is 0 Å². The number of ether oxygens (including phenoxy) is 1. The lowest BCUT2D eigenvalue weighted by atomic mass is 10.1. The van der Waals surface area contributed by atoms with E-state index in [9.17, 15) is 9.59 Å². The Bertz CT molecular complexity index is 1250. The standard InChI is InChI=1S/C22H21N3O3/c1-14(28-18-10-8-15-6-4-5-7-16(15)12-18)21(26)23-17-9-11-19-20(13-17)25(3)22(27)24(19)2/h4-14H,1-3H3,(H,23,26)/t14-/m1/s1. The second-order valence-corrected chi connectivity index (χ2v) is 6.86. The van der Waals surface area contributed by atoms with Crippen LogP contribution >= 0.6 is 0 Å². The maximum atomic E-state index is 12.6. The Morgan fingerprint density at radius 1 is 0.929 bits per heavy atom. The number of imidazole rings is 1. The lowest BCUT2D eigenvalue weighted by Crippen LogP contribution is -2.30. The van der Waals surface area contributed by atoms with E-state index in [1.807, 2.05) is 48.5 Å². The van der Waals surface area contributed by atoms with Gasteiger partial charge in [0.25, 0.3) is 5.91 Å². The molecular formula is C22H21N3O3. The molecule has 0 unspecified atom stereocenters. The molecule has 6 nitrogen and oxygen atoms in total. The van der Waals surface area contributed by atoms with Crippen LogP contribution in [-0.2, 0) is 18.9 Å². The summed E-state index contributed by atoms with van der Waals surface area (Å²) in [5.41, 5.74) is 2.08. The van der Waals surface area contributed by atoms with Gasteiger partial charge >= 0.3 is 5.69 Å². The third kappa shape index (κ3) is 3.13. The molecule has 0 radical (unpaired) electrons. The first kappa shape index (κ1) is 17.9. The van der Waals surface area contributed by atoms with Crippen molar-refractivity contribution in [2.75, 3.05) is 5.32 Å². The van der Waals surface area contributed by atoms with E-state index in [1.54, 1.807) is 42.3 Å². The summed E-state index contributed by atoms with van der Waals surface area (Å²) in [5.74, 6) is 0.385. The molecule has 1 heterocycles. The number of rotatable bonds is 4. The number of hydrogen-bond donors (Lipinski definition) is 1. The maximum absolute atomic E-state index is 12.6. The van der Waals surface area contributed by atoms with Crippen LogP contribution in [0.2, 0.25) is 0 Å². The van der Waals surface area contributed by atoms with E-state index >= 15 is 0 Å². The second kappa shape index (κ2) is 6.88. The Morgan fingerprint density at radius 3 is 2.43 bits per heavy atom. The van der Waals surface area contributed by atoms with E-state index in [0.717, 1.165) is 21.8 Å². The van der Waals surface area contributed by atoms with E-state index in [4.69, 9.17) is 4.74 Å². The molecule has 0 fully saturated rings. The molecule has 0 aliphatic rings. The molecule has 1 N–H and O–H groups in total. The van der Waals surface area contributed by atoms with Gasteiger partial charge in [-0.15, -0.1) is 0 Å². The molecule has 142 valence electrons. The Kier molecular flexibility index (Phi) is 4.39. The van der Waals surface area contributed by atoms with Crippen LogP contribution in [0.15, 0.2) is 65.5 Å². The Balaban J connectivity index is 1.51. The molecule has 0 spiro atoms. The molecule has 0 aliphatic carbocycles. The molecule has 0 aliphatic heterocycles. The van der Waals surface area contributed by atoms with Crippen LogP contribution in [0.5, 0.6) is 5.75 Å². The summed E-state index contributed by atoms with van der Waals surface area (Å²) in [6, 6.07) is 19.1. The summed E-state index contributed by atoms with van der Waals surface area (Å²) in [6.07, 6.45) is -0.670. The van der Waals surface area contributed by atoms with Crippen LogP contribution in [0, 0.1) is 0 Å². The van der Waals surface area contributed by atoms with E-state index in [-0.39, 0.29) is 11.6 Å². The zero-order valence-electron chi connectivity index (χ0n) is 16.0. The number of aryl methyl sites for hydroxylation is 2. The fourth-order valence-electron chi connectivity index (χ4n) is 3.33. The minimum atomic E-state index is -0.670. The molecule has 1 atom stereocenters. The van der Waals surface area contributed by atoms with Crippen LogP contribution in [0.4, 0.5) is 5.69 Å². The summed E-state index contributed by atoms with van der Waals surface area (Å²) < 4.78 is 8.95. The van der Waals surface area contributed by atoms with Crippen LogP contribution in [0.1, 0.15) is 6.92 Å². The fraction of sp³-hybridized carbons (Fsp3) is 0.182. The summed E-state index contributed by atoms with van der Waals surface area (Å²) in [4.78, 5) is 24.6. The SMILES string of the molecule is C[C@@H](Oc1ccc2ccccc2c1)C(=O)Nc1ccc2c(c1)n(C)c(=O)n2C. The van der Waals surface area contributed by atoms with Crippen molar-refractivity contribution in [1.29, 1.82) is 0 Å². The molecule has 4 rings (SSSR count). The molecule has 4 aromatic rings. The van der Waals surface area contributed by atoms with Crippen molar-refractivity contribution in [2.45, 2.75) is 13.0 Å². The van der Waals surface area contributed by atoms with E-state index in [1.165, 1.54) is 0 Å². The number of carbonyl (C=O) groups is 1. The minimum absolute atomic E-state index is 0.105. The van der Waals surface area contributed by atoms with Crippen molar-refractivity contribution in [2.24, 2.45) is 14.1 Å². The van der Waals surface area contributed by atoms with Gasteiger partial charge in [0, 0.05) is 19.8 Å². The molecule has 1 amide bonds. The first-order valence-electron chi connectivity index (χ1n) is 9.06. The molecule has 28 heavy (non-hydrogen) atoms. The molecule has 0 saturated heterocycles. The highest BCUT2D eigenvalue weighted by Gasteiger charge is 2.16. The number of carbonyl (C=O) groups excluding carboxylic acids is 1. The second-order valence-electron chi connectivity index (χ2n) is 6.86. The van der Waals surface area contributed by atoms with Gasteiger partial charge in [-0.1, -0.05) is 30.3 Å². The summed E-state index contributed by atoms with van der Waals surface area (Å²) >= 11 is 0. The zero-order chi connectivity index (χ0) is 19.8. The number of amides is 1. The topological polar surface area (TPSA) is 65.3 Å². The first-order valence-corrected chi connectivity index (χ1v) is 9.06. The highest BCUT2D eigenvalue weighted by atomic mass is 16.5. The normalized spacial score (nSPS) is 12.2. The third-order valence-corrected chi connectivity index (χ3v) is 4.94. The van der Waals surface area contributed by atoms with Gasteiger partial charge in [0.15, 0.2) is 6.10 Å². The number of benzene rings is 3. The molecule has 6 heteroatoms. The minimum Gasteiger partial charge on any atom is -0.481 e. The van der Waals surface area contributed by atoms with Gasteiger partial charge in [0.2, 0.25) is 0 Å². The Hall–Kier alpha value is -3.54. The van der Waals surface area contributed by atoms with Crippen molar-refractivity contribution in [1.82, 2.24) is 9.13 Å². The van der Waals surface area contributed by atoms with Crippen LogP contribution in [-0.4, -0.2) is 21.1 Å². The number of fused-ring (bicyclic) bond motifs is 2. The smallest absolute Gasteiger partial charge is 0.328 e. The highest BCUT2D eigenvalue weighted by molar-refractivity contribution is 5.96. The zero-order valence-corrected chi connectivity index (χ0v) is 16.0. The molecule has 0 bridgehead atoms. The quantitative estimate of drug-likeness (QED) is 0.594.